The van der Waals surface area contributed by atoms with Crippen LogP contribution in [0.4, 0.5) is 0 Å². The zero-order chi connectivity index (χ0) is 12.5. The van der Waals surface area contributed by atoms with Crippen molar-refractivity contribution in [3.8, 4) is 0 Å². The third-order valence-corrected chi connectivity index (χ3v) is 4.49. The molecular formula is C14H14BrClN2. The van der Waals surface area contributed by atoms with E-state index >= 15 is 0 Å². The van der Waals surface area contributed by atoms with Crippen LogP contribution < -0.4 is 5.32 Å². The number of benzene rings is 1. The molecule has 1 aromatic carbocycles. The molecule has 4 heteroatoms. The van der Waals surface area contributed by atoms with Crippen LogP contribution >= 0.6 is 27.5 Å². The lowest BCUT2D eigenvalue weighted by Gasteiger charge is -2.24. The van der Waals surface area contributed by atoms with Gasteiger partial charge in [-0.3, -0.25) is 4.98 Å². The Morgan fingerprint density at radius 2 is 2.06 bits per heavy atom. The molecule has 1 aliphatic heterocycles. The summed E-state index contributed by atoms with van der Waals surface area (Å²) in [5.41, 5.74) is 2.16. The quantitative estimate of drug-likeness (QED) is 0.853. The van der Waals surface area contributed by atoms with Gasteiger partial charge in [0.25, 0.3) is 0 Å². The van der Waals surface area contributed by atoms with Gasteiger partial charge in [-0.05, 0) is 55.6 Å². The van der Waals surface area contributed by atoms with Crippen LogP contribution in [-0.2, 0) is 0 Å². The normalized spacial score (nSPS) is 17.2. The first-order valence-corrected chi connectivity index (χ1v) is 7.37. The average molecular weight is 326 g/mol. The molecule has 1 saturated heterocycles. The molecule has 2 aromatic rings. The maximum absolute atomic E-state index is 6.57. The third-order valence-electron chi connectivity index (χ3n) is 3.57. The number of hydrogen-bond acceptors (Lipinski definition) is 2. The molecule has 1 fully saturated rings. The predicted octanol–water partition coefficient (Wildman–Crippen LogP) is 4.12. The van der Waals surface area contributed by atoms with Crippen molar-refractivity contribution in [1.82, 2.24) is 10.3 Å². The lowest BCUT2D eigenvalue weighted by atomic mass is 9.90. The van der Waals surface area contributed by atoms with Crippen LogP contribution in [0.15, 0.2) is 28.9 Å². The van der Waals surface area contributed by atoms with Gasteiger partial charge in [-0.15, -0.1) is 0 Å². The van der Waals surface area contributed by atoms with Crippen LogP contribution in [0.5, 0.6) is 0 Å². The molecule has 0 amide bonds. The summed E-state index contributed by atoms with van der Waals surface area (Å²) >= 11 is 10.1. The van der Waals surface area contributed by atoms with Gasteiger partial charge in [-0.2, -0.15) is 0 Å². The summed E-state index contributed by atoms with van der Waals surface area (Å²) in [5.74, 6) is 0.537. The van der Waals surface area contributed by atoms with Crippen molar-refractivity contribution in [2.24, 2.45) is 0 Å². The molecule has 0 saturated carbocycles. The monoisotopic (exact) mass is 324 g/mol. The summed E-state index contributed by atoms with van der Waals surface area (Å²) in [7, 11) is 0. The molecule has 2 nitrogen and oxygen atoms in total. The Labute approximate surface area is 120 Å². The van der Waals surface area contributed by atoms with Crippen LogP contribution in [0, 0.1) is 0 Å². The van der Waals surface area contributed by atoms with Gasteiger partial charge in [-0.25, -0.2) is 0 Å². The second-order valence-electron chi connectivity index (χ2n) is 4.71. The fourth-order valence-corrected chi connectivity index (χ4v) is 3.28. The molecule has 3 rings (SSSR count). The molecule has 94 valence electrons. The Bertz CT molecular complexity index is 579. The van der Waals surface area contributed by atoms with Crippen molar-refractivity contribution >= 4 is 38.4 Å². The summed E-state index contributed by atoms with van der Waals surface area (Å²) in [4.78, 5) is 4.53. The van der Waals surface area contributed by atoms with Gasteiger partial charge < -0.3 is 5.32 Å². The molecular weight excluding hydrogens is 312 g/mol. The minimum atomic E-state index is 0.537. The van der Waals surface area contributed by atoms with Crippen LogP contribution in [-0.4, -0.2) is 18.1 Å². The number of fused-ring (bicyclic) bond motifs is 1. The molecule has 0 spiro atoms. The second kappa shape index (κ2) is 5.16. The molecule has 2 heterocycles. The smallest absolute Gasteiger partial charge is 0.0717 e. The van der Waals surface area contributed by atoms with E-state index in [4.69, 9.17) is 11.6 Å². The minimum absolute atomic E-state index is 0.537. The Balaban J connectivity index is 2.09. The molecule has 0 bridgehead atoms. The highest BCUT2D eigenvalue weighted by molar-refractivity contribution is 9.10. The Morgan fingerprint density at radius 1 is 1.28 bits per heavy atom. The molecule has 0 unspecified atom stereocenters. The summed E-state index contributed by atoms with van der Waals surface area (Å²) in [6, 6.07) is 6.04. The fourth-order valence-electron chi connectivity index (χ4n) is 2.57. The molecule has 0 aliphatic carbocycles. The van der Waals surface area contributed by atoms with E-state index in [1.54, 1.807) is 0 Å². The van der Waals surface area contributed by atoms with Gasteiger partial charge in [0.05, 0.1) is 10.5 Å². The Hall–Kier alpha value is -0.640. The van der Waals surface area contributed by atoms with Gasteiger partial charge in [0.2, 0.25) is 0 Å². The summed E-state index contributed by atoms with van der Waals surface area (Å²) in [5, 5.41) is 5.29. The molecule has 18 heavy (non-hydrogen) atoms. The van der Waals surface area contributed by atoms with Crippen LogP contribution in [0.3, 0.4) is 0 Å². The van der Waals surface area contributed by atoms with E-state index in [2.05, 4.69) is 32.3 Å². The van der Waals surface area contributed by atoms with E-state index in [-0.39, 0.29) is 0 Å². The lowest BCUT2D eigenvalue weighted by Crippen LogP contribution is -2.26. The van der Waals surface area contributed by atoms with Gasteiger partial charge in [0, 0.05) is 16.1 Å². The van der Waals surface area contributed by atoms with Crippen LogP contribution in [0.1, 0.15) is 24.3 Å². The first-order valence-electron chi connectivity index (χ1n) is 6.20. The SMILES string of the molecule is Clc1c(C2CCNCC2)cnc2ccc(Br)cc12. The molecule has 0 atom stereocenters. The van der Waals surface area contributed by atoms with Crippen LogP contribution in [0.2, 0.25) is 5.02 Å². The maximum atomic E-state index is 6.57. The molecule has 1 aliphatic rings. The molecule has 1 N–H and O–H groups in total. The highest BCUT2D eigenvalue weighted by atomic mass is 79.9. The third kappa shape index (κ3) is 2.27. The zero-order valence-corrected chi connectivity index (χ0v) is 12.3. The van der Waals surface area contributed by atoms with Crippen molar-refractivity contribution < 1.29 is 0 Å². The average Bonchev–Trinajstić information content (AvgIpc) is 2.41. The van der Waals surface area contributed by atoms with Crippen molar-refractivity contribution in [3.05, 3.63) is 39.5 Å². The van der Waals surface area contributed by atoms with E-state index in [0.717, 1.165) is 46.3 Å². The van der Waals surface area contributed by atoms with Gasteiger partial charge >= 0.3 is 0 Å². The number of nitrogens with zero attached hydrogens (tertiary/aromatic N) is 1. The largest absolute Gasteiger partial charge is 0.317 e. The molecule has 0 radical (unpaired) electrons. The maximum Gasteiger partial charge on any atom is 0.0717 e. The number of piperidine rings is 1. The lowest BCUT2D eigenvalue weighted by molar-refractivity contribution is 0.460. The number of rotatable bonds is 1. The standard InChI is InChI=1S/C14H14BrClN2/c15-10-1-2-13-11(7-10)14(16)12(8-18-13)9-3-5-17-6-4-9/h1-2,7-9,17H,3-6H2. The topological polar surface area (TPSA) is 24.9 Å². The molecule has 1 aromatic heterocycles. The minimum Gasteiger partial charge on any atom is -0.317 e. The summed E-state index contributed by atoms with van der Waals surface area (Å²) in [6.45, 7) is 2.13. The zero-order valence-electron chi connectivity index (χ0n) is 9.92. The van der Waals surface area contributed by atoms with Crippen molar-refractivity contribution in [3.63, 3.8) is 0 Å². The summed E-state index contributed by atoms with van der Waals surface area (Å²) < 4.78 is 1.04. The van der Waals surface area contributed by atoms with E-state index in [0.29, 0.717) is 5.92 Å². The number of halogens is 2. The van der Waals surface area contributed by atoms with E-state index in [1.807, 2.05) is 18.3 Å². The Kier molecular flexibility index (Phi) is 3.55. The number of hydrogen-bond donors (Lipinski definition) is 1. The predicted molar refractivity (Wildman–Crippen MR) is 79.3 cm³/mol. The summed E-state index contributed by atoms with van der Waals surface area (Å²) in [6.07, 6.45) is 4.23. The fraction of sp³-hybridized carbons (Fsp3) is 0.357. The number of nitrogens with one attached hydrogen (secondary N) is 1. The van der Waals surface area contributed by atoms with Gasteiger partial charge in [0.1, 0.15) is 0 Å². The number of aromatic nitrogens is 1. The van der Waals surface area contributed by atoms with Crippen molar-refractivity contribution in [2.45, 2.75) is 18.8 Å². The highest BCUT2D eigenvalue weighted by Crippen LogP contribution is 2.35. The van der Waals surface area contributed by atoms with E-state index in [9.17, 15) is 0 Å². The van der Waals surface area contributed by atoms with E-state index < -0.39 is 0 Å². The first-order chi connectivity index (χ1) is 8.75. The van der Waals surface area contributed by atoms with Gasteiger partial charge in [-0.1, -0.05) is 27.5 Å². The van der Waals surface area contributed by atoms with Crippen LogP contribution in [0.25, 0.3) is 10.9 Å². The van der Waals surface area contributed by atoms with Crippen molar-refractivity contribution in [2.75, 3.05) is 13.1 Å². The number of pyridine rings is 1. The van der Waals surface area contributed by atoms with Crippen molar-refractivity contribution in [1.29, 1.82) is 0 Å². The Morgan fingerprint density at radius 3 is 2.83 bits per heavy atom. The van der Waals surface area contributed by atoms with E-state index in [1.165, 1.54) is 5.56 Å². The van der Waals surface area contributed by atoms with Gasteiger partial charge in [0.15, 0.2) is 0 Å². The second-order valence-corrected chi connectivity index (χ2v) is 6.01. The first kappa shape index (κ1) is 12.4. The highest BCUT2D eigenvalue weighted by Gasteiger charge is 2.19.